The van der Waals surface area contributed by atoms with Crippen molar-refractivity contribution in [3.05, 3.63) is 35.2 Å². The number of hydrogen-bond acceptors (Lipinski definition) is 2. The molecule has 0 aliphatic carbocycles. The maximum atomic E-state index is 5.99. The lowest BCUT2D eigenvalue weighted by molar-refractivity contribution is 1.22. The summed E-state index contributed by atoms with van der Waals surface area (Å²) in [6.45, 7) is 0. The van der Waals surface area contributed by atoms with Gasteiger partial charge in [0.2, 0.25) is 0 Å². The summed E-state index contributed by atoms with van der Waals surface area (Å²) < 4.78 is 0.919. The van der Waals surface area contributed by atoms with Crippen molar-refractivity contribution >= 4 is 45.1 Å². The van der Waals surface area contributed by atoms with Crippen molar-refractivity contribution in [3.8, 4) is 0 Å². The SMILES string of the molecule is Clc1ncnc2cccc(CI)c12. The predicted octanol–water partition coefficient (Wildman–Crippen LogP) is 3.22. The quantitative estimate of drug-likeness (QED) is 0.459. The fourth-order valence-corrected chi connectivity index (χ4v) is 2.15. The van der Waals surface area contributed by atoms with Crippen LogP contribution in [0.15, 0.2) is 24.5 Å². The van der Waals surface area contributed by atoms with Gasteiger partial charge in [-0.2, -0.15) is 0 Å². The number of fused-ring (bicyclic) bond motifs is 1. The molecule has 0 radical (unpaired) electrons. The van der Waals surface area contributed by atoms with Crippen molar-refractivity contribution < 1.29 is 0 Å². The normalized spacial score (nSPS) is 10.6. The van der Waals surface area contributed by atoms with Crippen LogP contribution in [0.2, 0.25) is 5.15 Å². The zero-order chi connectivity index (χ0) is 9.26. The highest BCUT2D eigenvalue weighted by molar-refractivity contribution is 14.1. The molecule has 4 heteroatoms. The Hall–Kier alpha value is -0.420. The summed E-state index contributed by atoms with van der Waals surface area (Å²) in [4.78, 5) is 8.12. The molecular formula is C9H6ClIN2. The summed E-state index contributed by atoms with van der Waals surface area (Å²) in [5.74, 6) is 0. The minimum absolute atomic E-state index is 0.539. The lowest BCUT2D eigenvalue weighted by atomic mass is 10.1. The Morgan fingerprint density at radius 2 is 2.15 bits per heavy atom. The number of nitrogens with zero attached hydrogens (tertiary/aromatic N) is 2. The maximum Gasteiger partial charge on any atom is 0.140 e. The molecule has 0 spiro atoms. The molecule has 0 N–H and O–H groups in total. The van der Waals surface area contributed by atoms with Crippen molar-refractivity contribution in [2.45, 2.75) is 4.43 Å². The van der Waals surface area contributed by atoms with Crippen LogP contribution < -0.4 is 0 Å². The monoisotopic (exact) mass is 304 g/mol. The molecule has 1 heterocycles. The third-order valence-electron chi connectivity index (χ3n) is 1.85. The second-order valence-electron chi connectivity index (χ2n) is 2.61. The Balaban J connectivity index is 2.87. The smallest absolute Gasteiger partial charge is 0.140 e. The average Bonchev–Trinajstić information content (AvgIpc) is 2.17. The first-order chi connectivity index (χ1) is 6.33. The van der Waals surface area contributed by atoms with Gasteiger partial charge in [-0.15, -0.1) is 0 Å². The van der Waals surface area contributed by atoms with Crippen LogP contribution in [0.3, 0.4) is 0 Å². The Morgan fingerprint density at radius 3 is 2.92 bits per heavy atom. The summed E-state index contributed by atoms with van der Waals surface area (Å²) in [7, 11) is 0. The van der Waals surface area contributed by atoms with Gasteiger partial charge in [0.05, 0.1) is 5.52 Å². The molecule has 2 aromatic rings. The molecule has 0 aliphatic heterocycles. The maximum absolute atomic E-state index is 5.99. The predicted molar refractivity (Wildman–Crippen MR) is 62.3 cm³/mol. The van der Waals surface area contributed by atoms with Crippen LogP contribution in [0.5, 0.6) is 0 Å². The lowest BCUT2D eigenvalue weighted by Gasteiger charge is -2.02. The molecule has 0 saturated heterocycles. The van der Waals surface area contributed by atoms with Crippen molar-refractivity contribution in [1.29, 1.82) is 0 Å². The highest BCUT2D eigenvalue weighted by atomic mass is 127. The van der Waals surface area contributed by atoms with Gasteiger partial charge in [-0.1, -0.05) is 46.3 Å². The minimum Gasteiger partial charge on any atom is -0.236 e. The molecule has 2 rings (SSSR count). The van der Waals surface area contributed by atoms with Gasteiger partial charge in [0.1, 0.15) is 11.5 Å². The third kappa shape index (κ3) is 1.62. The first kappa shape index (κ1) is 9.15. The Kier molecular flexibility index (Phi) is 2.64. The molecule has 0 fully saturated rings. The highest BCUT2D eigenvalue weighted by Crippen LogP contribution is 2.24. The third-order valence-corrected chi connectivity index (χ3v) is 2.96. The standard InChI is InChI=1S/C9H6ClIN2/c10-9-8-6(4-11)2-1-3-7(8)12-5-13-9/h1-3,5H,4H2. The van der Waals surface area contributed by atoms with E-state index in [4.69, 9.17) is 11.6 Å². The lowest BCUT2D eigenvalue weighted by Crippen LogP contribution is -1.87. The first-order valence-corrected chi connectivity index (χ1v) is 5.67. The van der Waals surface area contributed by atoms with Gasteiger partial charge in [-0.05, 0) is 11.6 Å². The van der Waals surface area contributed by atoms with Crippen LogP contribution in [0.1, 0.15) is 5.56 Å². The van der Waals surface area contributed by atoms with Gasteiger partial charge in [-0.3, -0.25) is 0 Å². The van der Waals surface area contributed by atoms with Gasteiger partial charge >= 0.3 is 0 Å². The second-order valence-corrected chi connectivity index (χ2v) is 3.73. The number of rotatable bonds is 1. The molecule has 0 bridgehead atoms. The van der Waals surface area contributed by atoms with E-state index in [0.717, 1.165) is 15.3 Å². The summed E-state index contributed by atoms with van der Waals surface area (Å²) in [6, 6.07) is 5.97. The van der Waals surface area contributed by atoms with E-state index >= 15 is 0 Å². The second kappa shape index (κ2) is 3.75. The Morgan fingerprint density at radius 1 is 1.31 bits per heavy atom. The van der Waals surface area contributed by atoms with E-state index in [9.17, 15) is 0 Å². The van der Waals surface area contributed by atoms with Gasteiger partial charge < -0.3 is 0 Å². The zero-order valence-corrected chi connectivity index (χ0v) is 9.58. The van der Waals surface area contributed by atoms with Crippen molar-refractivity contribution in [2.75, 3.05) is 0 Å². The summed E-state index contributed by atoms with van der Waals surface area (Å²) >= 11 is 8.29. The van der Waals surface area contributed by atoms with E-state index in [1.54, 1.807) is 0 Å². The number of benzene rings is 1. The topological polar surface area (TPSA) is 25.8 Å². The molecule has 0 unspecified atom stereocenters. The molecule has 0 aliphatic rings. The van der Waals surface area contributed by atoms with Crippen LogP contribution in [0.25, 0.3) is 10.9 Å². The number of alkyl halides is 1. The first-order valence-electron chi connectivity index (χ1n) is 3.77. The molecule has 2 nitrogen and oxygen atoms in total. The Labute approximate surface area is 94.5 Å². The van der Waals surface area contributed by atoms with Gasteiger partial charge in [0, 0.05) is 9.81 Å². The molecule has 0 atom stereocenters. The van der Waals surface area contributed by atoms with E-state index in [0.29, 0.717) is 5.15 Å². The van der Waals surface area contributed by atoms with E-state index in [1.807, 2.05) is 18.2 Å². The molecule has 1 aromatic heterocycles. The molecule has 0 saturated carbocycles. The van der Waals surface area contributed by atoms with Gasteiger partial charge in [0.25, 0.3) is 0 Å². The van der Waals surface area contributed by atoms with Crippen molar-refractivity contribution in [3.63, 3.8) is 0 Å². The van der Waals surface area contributed by atoms with Crippen LogP contribution in [-0.2, 0) is 4.43 Å². The molecular weight excluding hydrogens is 298 g/mol. The molecule has 13 heavy (non-hydrogen) atoms. The molecule has 66 valence electrons. The summed E-state index contributed by atoms with van der Waals surface area (Å²) in [5, 5.41) is 1.51. The largest absolute Gasteiger partial charge is 0.236 e. The van der Waals surface area contributed by atoms with Crippen LogP contribution in [-0.4, -0.2) is 9.97 Å². The van der Waals surface area contributed by atoms with Gasteiger partial charge in [0.15, 0.2) is 0 Å². The van der Waals surface area contributed by atoms with E-state index in [-0.39, 0.29) is 0 Å². The zero-order valence-electron chi connectivity index (χ0n) is 6.67. The van der Waals surface area contributed by atoms with E-state index in [2.05, 4.69) is 32.6 Å². The van der Waals surface area contributed by atoms with Crippen LogP contribution >= 0.6 is 34.2 Å². The van der Waals surface area contributed by atoms with Crippen molar-refractivity contribution in [2.24, 2.45) is 0 Å². The number of aromatic nitrogens is 2. The average molecular weight is 305 g/mol. The Bertz CT molecular complexity index is 439. The van der Waals surface area contributed by atoms with Gasteiger partial charge in [-0.25, -0.2) is 9.97 Å². The summed E-state index contributed by atoms with van der Waals surface area (Å²) in [6.07, 6.45) is 1.49. The summed E-state index contributed by atoms with van der Waals surface area (Å²) in [5.41, 5.74) is 2.10. The van der Waals surface area contributed by atoms with E-state index < -0.39 is 0 Å². The fourth-order valence-electron chi connectivity index (χ4n) is 1.25. The molecule has 1 aromatic carbocycles. The fraction of sp³-hybridized carbons (Fsp3) is 0.111. The minimum atomic E-state index is 0.539. The number of halogens is 2. The van der Waals surface area contributed by atoms with Crippen LogP contribution in [0.4, 0.5) is 0 Å². The molecule has 0 amide bonds. The number of hydrogen-bond donors (Lipinski definition) is 0. The van der Waals surface area contributed by atoms with Crippen LogP contribution in [0, 0.1) is 0 Å². The van der Waals surface area contributed by atoms with Crippen molar-refractivity contribution in [1.82, 2.24) is 9.97 Å². The highest BCUT2D eigenvalue weighted by Gasteiger charge is 2.04. The van der Waals surface area contributed by atoms with E-state index in [1.165, 1.54) is 11.9 Å².